The van der Waals surface area contributed by atoms with Gasteiger partial charge in [0.25, 0.3) is 0 Å². The Balaban J connectivity index is 0. The molecule has 2 unspecified atom stereocenters. The Bertz CT molecular complexity index is 851. The van der Waals surface area contributed by atoms with Crippen LogP contribution in [0.5, 0.6) is 0 Å². The van der Waals surface area contributed by atoms with Gasteiger partial charge in [-0.1, -0.05) is 98.0 Å². The minimum atomic E-state index is -0.559. The third kappa shape index (κ3) is 7.31. The molecule has 32 heavy (non-hydrogen) atoms. The van der Waals surface area contributed by atoms with Crippen LogP contribution in [-0.2, 0) is 21.7 Å². The van der Waals surface area contributed by atoms with Crippen LogP contribution in [0, 0.1) is 53.5 Å². The summed E-state index contributed by atoms with van der Waals surface area (Å²) >= 11 is 0. The monoisotopic (exact) mass is 482 g/mol. The number of allylic oxidation sites excluding steroid dienone is 8. The second kappa shape index (κ2) is 13.1. The van der Waals surface area contributed by atoms with Crippen LogP contribution < -0.4 is 5.19 Å². The summed E-state index contributed by atoms with van der Waals surface area (Å²) in [4.78, 5) is 0. The zero-order valence-electron chi connectivity index (χ0n) is 22.4. The summed E-state index contributed by atoms with van der Waals surface area (Å²) in [6, 6.07) is 7.17. The smallest absolute Gasteiger partial charge is 0.358 e. The number of hydrogen-bond acceptors (Lipinski definition) is 0. The van der Waals surface area contributed by atoms with Crippen molar-refractivity contribution in [1.82, 2.24) is 0 Å². The molecule has 0 nitrogen and oxygen atoms in total. The largest absolute Gasteiger partial charge is 4.00 e. The van der Waals surface area contributed by atoms with Crippen LogP contribution in [-0.4, -0.2) is 9.52 Å². The normalized spacial score (nSPS) is 24.1. The molecule has 0 fully saturated rings. The summed E-state index contributed by atoms with van der Waals surface area (Å²) in [6.07, 6.45) is 17.1. The second-order valence-corrected chi connectivity index (χ2v) is 12.3. The van der Waals surface area contributed by atoms with Gasteiger partial charge >= 0.3 is 21.7 Å². The first-order valence-corrected chi connectivity index (χ1v) is 12.3. The van der Waals surface area contributed by atoms with E-state index in [-0.39, 0.29) is 54.5 Å². The van der Waals surface area contributed by atoms with Gasteiger partial charge in [0.2, 0.25) is 0 Å². The molecule has 2 atom stereocenters. The molecular formula is C30H46SiTi. The van der Waals surface area contributed by atoms with Gasteiger partial charge in [0.15, 0.2) is 0 Å². The zero-order valence-corrected chi connectivity index (χ0v) is 25.4. The van der Waals surface area contributed by atoms with E-state index in [0.717, 1.165) is 6.42 Å². The van der Waals surface area contributed by atoms with Crippen LogP contribution in [0.15, 0.2) is 59.2 Å². The average Bonchev–Trinajstić information content (AvgIpc) is 2.77. The summed E-state index contributed by atoms with van der Waals surface area (Å²) in [5.74, 6) is 0.702. The molecule has 2 aliphatic rings. The maximum atomic E-state index is 4.05. The Morgan fingerprint density at radius 1 is 0.938 bits per heavy atom. The van der Waals surface area contributed by atoms with Gasteiger partial charge < -0.3 is 22.3 Å². The van der Waals surface area contributed by atoms with Crippen LogP contribution >= 0.6 is 0 Å². The zero-order chi connectivity index (χ0) is 20.5. The quantitative estimate of drug-likeness (QED) is 0.289. The van der Waals surface area contributed by atoms with Crippen molar-refractivity contribution in [2.24, 2.45) is 11.3 Å². The van der Waals surface area contributed by atoms with Crippen molar-refractivity contribution in [1.29, 1.82) is 0 Å². The maximum absolute atomic E-state index is 4.05. The van der Waals surface area contributed by atoms with Crippen molar-refractivity contribution in [2.45, 2.75) is 72.8 Å². The second-order valence-electron chi connectivity index (χ2n) is 9.88. The summed E-state index contributed by atoms with van der Waals surface area (Å²) in [5, 5.41) is 1.72. The van der Waals surface area contributed by atoms with E-state index in [9.17, 15) is 0 Å². The van der Waals surface area contributed by atoms with Crippen LogP contribution in [0.1, 0.15) is 65.0 Å². The van der Waals surface area contributed by atoms with E-state index in [4.69, 9.17) is 0 Å². The van der Waals surface area contributed by atoms with Crippen molar-refractivity contribution in [3.63, 3.8) is 0 Å². The molecule has 3 rings (SSSR count). The molecule has 174 valence electrons. The van der Waals surface area contributed by atoms with E-state index in [1.165, 1.54) is 35.1 Å². The molecule has 0 radical (unpaired) electrons. The van der Waals surface area contributed by atoms with E-state index >= 15 is 0 Å². The summed E-state index contributed by atoms with van der Waals surface area (Å²) in [6.45, 7) is 16.2. The molecule has 0 amide bonds. The third-order valence-corrected chi connectivity index (χ3v) is 9.12. The van der Waals surface area contributed by atoms with Gasteiger partial charge in [0.1, 0.15) is 0 Å². The van der Waals surface area contributed by atoms with Crippen molar-refractivity contribution >= 4 is 14.7 Å². The van der Waals surface area contributed by atoms with E-state index < -0.39 is 9.52 Å². The number of benzene rings is 1. The fourth-order valence-corrected chi connectivity index (χ4v) is 8.65. The Morgan fingerprint density at radius 3 is 1.97 bits per heavy atom. The summed E-state index contributed by atoms with van der Waals surface area (Å²) in [5.41, 5.74) is 7.49. The third-order valence-electron chi connectivity index (χ3n) is 6.75. The molecule has 0 aliphatic heterocycles. The fourth-order valence-electron chi connectivity index (χ4n) is 5.60. The molecule has 0 N–H and O–H groups in total. The topological polar surface area (TPSA) is 0 Å². The molecule has 0 bridgehead atoms. The molecule has 0 heterocycles. The molecule has 0 saturated heterocycles. The Morgan fingerprint density at radius 2 is 1.53 bits per heavy atom. The Kier molecular flexibility index (Phi) is 13.6. The van der Waals surface area contributed by atoms with Crippen molar-refractivity contribution < 1.29 is 21.7 Å². The van der Waals surface area contributed by atoms with Crippen molar-refractivity contribution in [2.75, 3.05) is 0 Å². The number of aryl methyl sites for hydroxylation is 2. The molecule has 0 saturated carbocycles. The molecular weight excluding hydrogens is 436 g/mol. The van der Waals surface area contributed by atoms with Gasteiger partial charge in [-0.05, 0) is 38.0 Å². The fraction of sp³-hybridized carbons (Fsp3) is 0.433. The predicted octanol–water partition coefficient (Wildman–Crippen LogP) is 7.64. The van der Waals surface area contributed by atoms with Gasteiger partial charge in [0.05, 0.1) is 0 Å². The first-order valence-electron chi connectivity index (χ1n) is 10.9. The van der Waals surface area contributed by atoms with E-state index in [1.54, 1.807) is 10.8 Å². The van der Waals surface area contributed by atoms with E-state index in [1.807, 2.05) is 0 Å². The molecule has 2 aliphatic carbocycles. The Hall–Kier alpha value is -0.889. The van der Waals surface area contributed by atoms with Gasteiger partial charge in [-0.3, -0.25) is 6.08 Å². The van der Waals surface area contributed by atoms with Crippen molar-refractivity contribution in [3.05, 3.63) is 98.7 Å². The first-order chi connectivity index (χ1) is 13.1. The SMILES string of the molecule is CC1=[C-]C(CC2(CC(C)C)C=CC=CC2)([SiH2]c2cc(C)cc(C)c2)C(C)=C1C.[CH3-].[CH3-].[CH3-].[Ti+4]. The van der Waals surface area contributed by atoms with Crippen LogP contribution in [0.2, 0.25) is 5.04 Å². The van der Waals surface area contributed by atoms with Gasteiger partial charge in [-0.25, -0.2) is 5.57 Å². The summed E-state index contributed by atoms with van der Waals surface area (Å²) < 4.78 is 0. The molecule has 0 aromatic heterocycles. The summed E-state index contributed by atoms with van der Waals surface area (Å²) in [7, 11) is -0.559. The minimum Gasteiger partial charge on any atom is -0.358 e. The minimum absolute atomic E-state index is 0. The van der Waals surface area contributed by atoms with Crippen LogP contribution in [0.3, 0.4) is 0 Å². The average molecular weight is 483 g/mol. The molecule has 1 aromatic rings. The Labute approximate surface area is 218 Å². The number of hydrogen-bond donors (Lipinski definition) is 0. The first kappa shape index (κ1) is 33.3. The molecule has 2 heteroatoms. The standard InChI is InChI=1S/C27H37Si.3CH3.Ti/c1-19(2)16-26(11-9-8-10-12-26)18-27(17-22(5)23(6)24(27)7)28-25-14-20(3)13-21(4)15-25;;;;/h8-11,13-15,19H,12,16,18,28H2,1-7H3;3*1H3;/q4*-1;+4. The molecule has 0 spiro atoms. The van der Waals surface area contributed by atoms with Gasteiger partial charge in [0, 0.05) is 9.52 Å². The maximum Gasteiger partial charge on any atom is 4.00 e. The molecule has 1 aromatic carbocycles. The van der Waals surface area contributed by atoms with E-state index in [0.29, 0.717) is 5.92 Å². The van der Waals surface area contributed by atoms with E-state index in [2.05, 4.69) is 97.0 Å². The van der Waals surface area contributed by atoms with Crippen LogP contribution in [0.4, 0.5) is 0 Å². The number of rotatable bonds is 6. The van der Waals surface area contributed by atoms with Gasteiger partial charge in [-0.15, -0.1) is 6.92 Å². The van der Waals surface area contributed by atoms with Crippen LogP contribution in [0.25, 0.3) is 0 Å². The van der Waals surface area contributed by atoms with Gasteiger partial charge in [-0.2, -0.15) is 11.1 Å². The predicted molar refractivity (Wildman–Crippen MR) is 146 cm³/mol. The van der Waals surface area contributed by atoms with Crippen molar-refractivity contribution in [3.8, 4) is 0 Å².